The first-order valence-electron chi connectivity index (χ1n) is 14.4. The second-order valence-corrected chi connectivity index (χ2v) is 11.6. The number of halogens is 1. The van der Waals surface area contributed by atoms with Crippen LogP contribution in [0.4, 0.5) is 4.39 Å². The van der Waals surface area contributed by atoms with E-state index in [9.17, 15) is 9.18 Å². The average Bonchev–Trinajstić information content (AvgIpc) is 3.40. The first-order valence-corrected chi connectivity index (χ1v) is 14.4. The Morgan fingerprint density at radius 2 is 1.60 bits per heavy atom. The number of rotatable bonds is 6. The summed E-state index contributed by atoms with van der Waals surface area (Å²) < 4.78 is 31.1. The van der Waals surface area contributed by atoms with Crippen LogP contribution in [0.5, 0.6) is 17.2 Å². The first kappa shape index (κ1) is 28.1. The van der Waals surface area contributed by atoms with Crippen molar-refractivity contribution in [2.75, 3.05) is 42.0 Å². The summed E-state index contributed by atoms with van der Waals surface area (Å²) in [4.78, 5) is 22.6. The molecule has 1 N–H and O–H groups in total. The topological polar surface area (TPSA) is 67.0 Å². The summed E-state index contributed by atoms with van der Waals surface area (Å²) in [7, 11) is 8.79. The molecule has 0 saturated heterocycles. The highest BCUT2D eigenvalue weighted by Crippen LogP contribution is 2.54. The fourth-order valence-electron chi connectivity index (χ4n) is 7.45. The Morgan fingerprint density at radius 3 is 2.21 bits per heavy atom. The van der Waals surface area contributed by atoms with Gasteiger partial charge < -0.3 is 24.1 Å². The Kier molecular flexibility index (Phi) is 7.13. The summed E-state index contributed by atoms with van der Waals surface area (Å²) in [5.74, 6) is 1.02. The van der Waals surface area contributed by atoms with E-state index in [0.29, 0.717) is 29.4 Å². The van der Waals surface area contributed by atoms with Crippen molar-refractivity contribution in [2.45, 2.75) is 43.2 Å². The van der Waals surface area contributed by atoms with Gasteiger partial charge in [0, 0.05) is 34.2 Å². The van der Waals surface area contributed by atoms with Crippen LogP contribution in [0, 0.1) is 5.82 Å². The number of carbonyl (C=O) groups excluding carboxylic acids is 1. The quantitative estimate of drug-likeness (QED) is 0.296. The van der Waals surface area contributed by atoms with E-state index in [1.165, 1.54) is 17.0 Å². The van der Waals surface area contributed by atoms with Crippen molar-refractivity contribution in [1.82, 2.24) is 14.8 Å². The van der Waals surface area contributed by atoms with Crippen LogP contribution < -0.4 is 14.2 Å². The number of amides is 1. The van der Waals surface area contributed by atoms with Crippen molar-refractivity contribution >= 4 is 16.8 Å². The van der Waals surface area contributed by atoms with Gasteiger partial charge in [-0.05, 0) is 87.7 Å². The minimum absolute atomic E-state index is 0.0818. The summed E-state index contributed by atoms with van der Waals surface area (Å²) in [6, 6.07) is 18.8. The number of carbonyl (C=O) groups is 1. The molecule has 2 aliphatic rings. The predicted molar refractivity (Wildman–Crippen MR) is 161 cm³/mol. The van der Waals surface area contributed by atoms with Crippen molar-refractivity contribution in [3.05, 3.63) is 88.9 Å². The molecule has 0 radical (unpaired) electrons. The molecule has 3 aromatic carbocycles. The molecule has 7 nitrogen and oxygen atoms in total. The van der Waals surface area contributed by atoms with E-state index in [1.807, 2.05) is 12.1 Å². The Labute approximate surface area is 246 Å². The van der Waals surface area contributed by atoms with E-state index >= 15 is 0 Å². The highest BCUT2D eigenvalue weighted by Gasteiger charge is 2.53. The van der Waals surface area contributed by atoms with E-state index in [-0.39, 0.29) is 17.3 Å². The monoisotopic (exact) mass is 571 g/mol. The van der Waals surface area contributed by atoms with Crippen LogP contribution in [0.15, 0.2) is 60.7 Å². The molecule has 1 spiro atoms. The number of benzene rings is 3. The van der Waals surface area contributed by atoms with Gasteiger partial charge in [0.25, 0.3) is 5.91 Å². The maximum atomic E-state index is 14.5. The third kappa shape index (κ3) is 4.23. The van der Waals surface area contributed by atoms with Crippen LogP contribution in [0.25, 0.3) is 10.9 Å². The molecule has 0 unspecified atom stereocenters. The van der Waals surface area contributed by atoms with Crippen LogP contribution >= 0.6 is 0 Å². The zero-order chi connectivity index (χ0) is 29.6. The van der Waals surface area contributed by atoms with Gasteiger partial charge in [0.15, 0.2) is 11.5 Å². The number of fused-ring (bicyclic) bond motifs is 4. The fraction of sp³-hybridized carbons (Fsp3) is 0.382. The molecule has 0 atom stereocenters. The summed E-state index contributed by atoms with van der Waals surface area (Å²) in [6.45, 7) is 0.583. The number of nitrogens with zero attached hydrogens (tertiary/aromatic N) is 2. The number of nitrogens with one attached hydrogen (secondary N) is 1. The third-order valence-corrected chi connectivity index (χ3v) is 9.66. The molecule has 1 aliphatic carbocycles. The smallest absolute Gasteiger partial charge is 0.254 e. The summed E-state index contributed by atoms with van der Waals surface area (Å²) >= 11 is 0. The van der Waals surface area contributed by atoms with E-state index in [0.717, 1.165) is 48.9 Å². The zero-order valence-corrected chi connectivity index (χ0v) is 24.9. The molecule has 42 heavy (non-hydrogen) atoms. The normalized spacial score (nSPS) is 21.9. The van der Waals surface area contributed by atoms with Crippen LogP contribution in [0.3, 0.4) is 0 Å². The molecule has 220 valence electrons. The lowest BCUT2D eigenvalue weighted by Gasteiger charge is -2.55. The third-order valence-electron chi connectivity index (χ3n) is 9.66. The Bertz CT molecular complexity index is 1610. The van der Waals surface area contributed by atoms with Gasteiger partial charge in [-0.2, -0.15) is 0 Å². The van der Waals surface area contributed by atoms with Crippen molar-refractivity contribution in [3.63, 3.8) is 0 Å². The van der Waals surface area contributed by atoms with Gasteiger partial charge in [-0.3, -0.25) is 9.69 Å². The number of H-pyrrole nitrogens is 1. The van der Waals surface area contributed by atoms with Crippen LogP contribution in [0.2, 0.25) is 0 Å². The van der Waals surface area contributed by atoms with Gasteiger partial charge >= 0.3 is 0 Å². The van der Waals surface area contributed by atoms with Gasteiger partial charge in [0.1, 0.15) is 5.82 Å². The molecule has 1 aliphatic heterocycles. The van der Waals surface area contributed by atoms with E-state index in [4.69, 9.17) is 14.2 Å². The van der Waals surface area contributed by atoms with Gasteiger partial charge in [-0.1, -0.05) is 30.3 Å². The lowest BCUT2D eigenvalue weighted by atomic mass is 9.65. The van der Waals surface area contributed by atoms with Crippen molar-refractivity contribution in [1.29, 1.82) is 0 Å². The van der Waals surface area contributed by atoms with Crippen LogP contribution in [-0.4, -0.2) is 62.7 Å². The number of para-hydroxylation sites is 1. The van der Waals surface area contributed by atoms with Crippen molar-refractivity contribution in [3.8, 4) is 17.2 Å². The molecule has 0 bridgehead atoms. The number of methoxy groups -OCH3 is 3. The fourth-order valence-corrected chi connectivity index (χ4v) is 7.45. The molecule has 1 amide bonds. The lowest BCUT2D eigenvalue weighted by molar-refractivity contribution is -0.0142. The maximum Gasteiger partial charge on any atom is 0.254 e. The van der Waals surface area contributed by atoms with E-state index in [2.05, 4.69) is 47.1 Å². The molecule has 2 heterocycles. The van der Waals surface area contributed by atoms with E-state index in [1.54, 1.807) is 45.6 Å². The molecule has 8 heteroatoms. The van der Waals surface area contributed by atoms with Crippen LogP contribution in [-0.2, 0) is 17.5 Å². The highest BCUT2D eigenvalue weighted by atomic mass is 19.1. The molecular formula is C34H38FN3O4. The first-order chi connectivity index (χ1) is 20.3. The number of aromatic amines is 1. The summed E-state index contributed by atoms with van der Waals surface area (Å²) in [5, 5.41) is 1.21. The number of ether oxygens (including phenoxy) is 3. The van der Waals surface area contributed by atoms with Crippen molar-refractivity contribution < 1.29 is 23.4 Å². The van der Waals surface area contributed by atoms with Crippen molar-refractivity contribution in [2.24, 2.45) is 0 Å². The molecule has 1 aromatic heterocycles. The molecule has 1 fully saturated rings. The lowest BCUT2D eigenvalue weighted by Crippen LogP contribution is -2.58. The molecular weight excluding hydrogens is 533 g/mol. The molecule has 6 rings (SSSR count). The van der Waals surface area contributed by atoms with Gasteiger partial charge in [0.2, 0.25) is 5.75 Å². The summed E-state index contributed by atoms with van der Waals surface area (Å²) in [6.07, 6.45) is 3.71. The predicted octanol–water partition coefficient (Wildman–Crippen LogP) is 6.26. The number of aromatic nitrogens is 1. The molecule has 1 saturated carbocycles. The summed E-state index contributed by atoms with van der Waals surface area (Å²) in [5.41, 5.74) is 4.02. The van der Waals surface area contributed by atoms with Gasteiger partial charge in [-0.25, -0.2) is 4.39 Å². The largest absolute Gasteiger partial charge is 0.493 e. The zero-order valence-electron chi connectivity index (χ0n) is 24.9. The van der Waals surface area contributed by atoms with Gasteiger partial charge in [-0.15, -0.1) is 0 Å². The number of hydrogen-bond acceptors (Lipinski definition) is 5. The average molecular weight is 572 g/mol. The minimum atomic E-state index is -0.559. The van der Waals surface area contributed by atoms with E-state index < -0.39 is 5.54 Å². The maximum absolute atomic E-state index is 14.5. The number of hydrogen-bond donors (Lipinski definition) is 1. The second kappa shape index (κ2) is 10.7. The standard InChI is InChI=1S/C34H38FN3O4/c1-37(2)33(23-9-8-10-24(35)21-23)14-16-34(17-15-33)31-26(25-11-6-7-12-27(25)36-31)13-18-38(34)32(39)22-19-28(40-3)30(42-5)29(20-22)41-4/h6-12,19-21,36H,13-18H2,1-5H3. The SMILES string of the molecule is COc1cc(C(=O)N2CCc3c([nH]c4ccccc34)C23CCC(c2cccc(F)c2)(N(C)C)CC3)cc(OC)c1OC. The Hall–Kier alpha value is -4.04. The minimum Gasteiger partial charge on any atom is -0.493 e. The Balaban J connectivity index is 1.47. The van der Waals surface area contributed by atoms with Gasteiger partial charge in [0.05, 0.1) is 26.9 Å². The van der Waals surface area contributed by atoms with Crippen LogP contribution in [0.1, 0.15) is 52.9 Å². The highest BCUT2D eigenvalue weighted by molar-refractivity contribution is 5.97. The second-order valence-electron chi connectivity index (χ2n) is 11.6. The molecule has 4 aromatic rings. The Morgan fingerprint density at radius 1 is 0.905 bits per heavy atom.